The van der Waals surface area contributed by atoms with E-state index in [1.807, 2.05) is 61.5 Å². The summed E-state index contributed by atoms with van der Waals surface area (Å²) < 4.78 is 0. The van der Waals surface area contributed by atoms with Gasteiger partial charge in [-0.15, -0.1) is 0 Å². The number of nitrogens with one attached hydrogen (secondary N) is 1. The van der Waals surface area contributed by atoms with Crippen LogP contribution in [0.5, 0.6) is 0 Å². The number of rotatable bonds is 4. The maximum Gasteiger partial charge on any atom is 0.252 e. The number of aryl methyl sites for hydroxylation is 1. The molecule has 0 spiro atoms. The molecule has 2 nitrogen and oxygen atoms in total. The van der Waals surface area contributed by atoms with Crippen LogP contribution in [-0.4, -0.2) is 5.91 Å². The standard InChI is InChI=1S/C25H21NO/c1-18-11-13-21(14-12-18)25(27)26-24(20-8-3-2-4-9-20)23-16-15-19-7-5-6-10-22(19)17-23/h2-17,24H,1H3,(H,26,27). The maximum absolute atomic E-state index is 12.9. The normalized spacial score (nSPS) is 11.9. The quantitative estimate of drug-likeness (QED) is 0.504. The molecule has 4 aromatic carbocycles. The van der Waals surface area contributed by atoms with Crippen molar-refractivity contribution in [3.8, 4) is 0 Å². The third kappa shape index (κ3) is 3.75. The Morgan fingerprint density at radius 2 is 1.37 bits per heavy atom. The second-order valence-electron chi connectivity index (χ2n) is 6.79. The molecule has 27 heavy (non-hydrogen) atoms. The van der Waals surface area contributed by atoms with Gasteiger partial charge in [0.15, 0.2) is 0 Å². The van der Waals surface area contributed by atoms with Gasteiger partial charge in [-0.05, 0) is 47.0 Å². The highest BCUT2D eigenvalue weighted by Crippen LogP contribution is 2.26. The average Bonchev–Trinajstić information content (AvgIpc) is 2.72. The Balaban J connectivity index is 1.72. The molecule has 132 valence electrons. The van der Waals surface area contributed by atoms with E-state index in [1.54, 1.807) is 0 Å². The van der Waals surface area contributed by atoms with Gasteiger partial charge in [0.2, 0.25) is 0 Å². The number of amides is 1. The zero-order chi connectivity index (χ0) is 18.6. The van der Waals surface area contributed by atoms with Crippen molar-refractivity contribution >= 4 is 16.7 Å². The van der Waals surface area contributed by atoms with Crippen molar-refractivity contribution in [3.63, 3.8) is 0 Å². The zero-order valence-electron chi connectivity index (χ0n) is 15.2. The van der Waals surface area contributed by atoms with Crippen LogP contribution in [0.2, 0.25) is 0 Å². The van der Waals surface area contributed by atoms with Crippen LogP contribution in [0.4, 0.5) is 0 Å². The van der Waals surface area contributed by atoms with E-state index in [2.05, 4.69) is 47.8 Å². The van der Waals surface area contributed by atoms with Crippen LogP contribution in [0.25, 0.3) is 10.8 Å². The lowest BCUT2D eigenvalue weighted by Gasteiger charge is -2.20. The SMILES string of the molecule is Cc1ccc(C(=O)NC(c2ccccc2)c2ccc3ccccc3c2)cc1. The summed E-state index contributed by atoms with van der Waals surface area (Å²) in [5, 5.41) is 5.57. The van der Waals surface area contributed by atoms with E-state index in [0.717, 1.165) is 16.7 Å². The summed E-state index contributed by atoms with van der Waals surface area (Å²) in [7, 11) is 0. The first-order valence-corrected chi connectivity index (χ1v) is 9.12. The summed E-state index contributed by atoms with van der Waals surface area (Å²) in [6, 6.07) is 32.2. The lowest BCUT2D eigenvalue weighted by molar-refractivity contribution is 0.0943. The summed E-state index contributed by atoms with van der Waals surface area (Å²) >= 11 is 0. The molecular formula is C25H21NO. The molecule has 0 heterocycles. The molecule has 0 saturated heterocycles. The van der Waals surface area contributed by atoms with Gasteiger partial charge in [0.1, 0.15) is 0 Å². The smallest absolute Gasteiger partial charge is 0.252 e. The highest BCUT2D eigenvalue weighted by atomic mass is 16.1. The highest BCUT2D eigenvalue weighted by molar-refractivity contribution is 5.95. The van der Waals surface area contributed by atoms with Gasteiger partial charge in [-0.2, -0.15) is 0 Å². The summed E-state index contributed by atoms with van der Waals surface area (Å²) in [5.41, 5.74) is 3.94. The van der Waals surface area contributed by atoms with Crippen molar-refractivity contribution in [2.45, 2.75) is 13.0 Å². The minimum absolute atomic E-state index is 0.0722. The van der Waals surface area contributed by atoms with Crippen LogP contribution in [0.3, 0.4) is 0 Å². The molecule has 0 fully saturated rings. The van der Waals surface area contributed by atoms with E-state index in [9.17, 15) is 4.79 Å². The molecule has 0 saturated carbocycles. The van der Waals surface area contributed by atoms with Crippen LogP contribution in [0.1, 0.15) is 33.1 Å². The second-order valence-corrected chi connectivity index (χ2v) is 6.79. The fourth-order valence-corrected chi connectivity index (χ4v) is 3.31. The Bertz CT molecular complexity index is 1070. The first kappa shape index (κ1) is 17.0. The molecule has 0 bridgehead atoms. The zero-order valence-corrected chi connectivity index (χ0v) is 15.2. The molecule has 0 aromatic heterocycles. The van der Waals surface area contributed by atoms with E-state index in [4.69, 9.17) is 0 Å². The van der Waals surface area contributed by atoms with Crippen LogP contribution in [0, 0.1) is 6.92 Å². The van der Waals surface area contributed by atoms with Gasteiger partial charge in [0.25, 0.3) is 5.91 Å². The van der Waals surface area contributed by atoms with Crippen molar-refractivity contribution in [1.82, 2.24) is 5.32 Å². The maximum atomic E-state index is 12.9. The highest BCUT2D eigenvalue weighted by Gasteiger charge is 2.18. The van der Waals surface area contributed by atoms with Gasteiger partial charge >= 0.3 is 0 Å². The van der Waals surface area contributed by atoms with Crippen LogP contribution in [-0.2, 0) is 0 Å². The minimum atomic E-state index is -0.204. The fourth-order valence-electron chi connectivity index (χ4n) is 3.31. The number of benzene rings is 4. The number of carbonyl (C=O) groups excluding carboxylic acids is 1. The molecule has 0 aliphatic carbocycles. The minimum Gasteiger partial charge on any atom is -0.341 e. The van der Waals surface area contributed by atoms with Gasteiger partial charge < -0.3 is 5.32 Å². The molecule has 1 amide bonds. The van der Waals surface area contributed by atoms with E-state index in [-0.39, 0.29) is 11.9 Å². The number of carbonyl (C=O) groups is 1. The Kier molecular flexibility index (Phi) is 4.71. The van der Waals surface area contributed by atoms with E-state index < -0.39 is 0 Å². The Morgan fingerprint density at radius 3 is 2.11 bits per heavy atom. The molecule has 1 N–H and O–H groups in total. The Morgan fingerprint density at radius 1 is 0.704 bits per heavy atom. The molecule has 0 radical (unpaired) electrons. The Labute approximate surface area is 159 Å². The molecular weight excluding hydrogens is 330 g/mol. The lowest BCUT2D eigenvalue weighted by Crippen LogP contribution is -2.29. The van der Waals surface area contributed by atoms with E-state index >= 15 is 0 Å². The molecule has 2 heteroatoms. The van der Waals surface area contributed by atoms with Gasteiger partial charge in [-0.25, -0.2) is 0 Å². The van der Waals surface area contributed by atoms with Crippen LogP contribution in [0.15, 0.2) is 97.1 Å². The van der Waals surface area contributed by atoms with Crippen molar-refractivity contribution in [2.75, 3.05) is 0 Å². The van der Waals surface area contributed by atoms with Crippen molar-refractivity contribution in [1.29, 1.82) is 0 Å². The summed E-state index contributed by atoms with van der Waals surface area (Å²) in [6.07, 6.45) is 0. The first-order valence-electron chi connectivity index (χ1n) is 9.12. The molecule has 0 aliphatic rings. The van der Waals surface area contributed by atoms with Gasteiger partial charge in [0, 0.05) is 5.56 Å². The Hall–Kier alpha value is -3.39. The summed E-state index contributed by atoms with van der Waals surface area (Å²) in [6.45, 7) is 2.02. The van der Waals surface area contributed by atoms with Crippen LogP contribution < -0.4 is 5.32 Å². The topological polar surface area (TPSA) is 29.1 Å². The van der Waals surface area contributed by atoms with Crippen molar-refractivity contribution < 1.29 is 4.79 Å². The third-order valence-electron chi connectivity index (χ3n) is 4.83. The van der Waals surface area contributed by atoms with E-state index in [0.29, 0.717) is 5.56 Å². The third-order valence-corrected chi connectivity index (χ3v) is 4.83. The predicted molar refractivity (Wildman–Crippen MR) is 111 cm³/mol. The fraction of sp³-hybridized carbons (Fsp3) is 0.0800. The molecule has 1 unspecified atom stereocenters. The average molecular weight is 351 g/mol. The number of fused-ring (bicyclic) bond motifs is 1. The number of hydrogen-bond acceptors (Lipinski definition) is 1. The summed E-state index contributed by atoms with van der Waals surface area (Å²) in [4.78, 5) is 12.9. The molecule has 1 atom stereocenters. The van der Waals surface area contributed by atoms with Gasteiger partial charge in [0.05, 0.1) is 6.04 Å². The van der Waals surface area contributed by atoms with Crippen molar-refractivity contribution in [3.05, 3.63) is 119 Å². The molecule has 0 aliphatic heterocycles. The van der Waals surface area contributed by atoms with Crippen molar-refractivity contribution in [2.24, 2.45) is 0 Å². The van der Waals surface area contributed by atoms with Crippen LogP contribution >= 0.6 is 0 Å². The largest absolute Gasteiger partial charge is 0.341 e. The summed E-state index contributed by atoms with van der Waals surface area (Å²) in [5.74, 6) is -0.0722. The van der Waals surface area contributed by atoms with E-state index in [1.165, 1.54) is 10.8 Å². The predicted octanol–water partition coefficient (Wildman–Crippen LogP) is 5.67. The van der Waals surface area contributed by atoms with Gasteiger partial charge in [-0.1, -0.05) is 84.4 Å². The lowest BCUT2D eigenvalue weighted by atomic mass is 9.96. The molecule has 4 aromatic rings. The van der Waals surface area contributed by atoms with Gasteiger partial charge in [-0.3, -0.25) is 4.79 Å². The second kappa shape index (κ2) is 7.46. The molecule has 4 rings (SSSR count). The monoisotopic (exact) mass is 351 g/mol. The first-order chi connectivity index (χ1) is 13.2. The number of hydrogen-bond donors (Lipinski definition) is 1.